The smallest absolute Gasteiger partial charge is 0.0678 e. The van der Waals surface area contributed by atoms with Gasteiger partial charge in [-0.25, -0.2) is 0 Å². The maximum atomic E-state index is 4.76. The Morgan fingerprint density at radius 1 is 1.11 bits per heavy atom. The first-order valence-electron chi connectivity index (χ1n) is 6.15. The summed E-state index contributed by atoms with van der Waals surface area (Å²) in [5.74, 6) is 0. The van der Waals surface area contributed by atoms with Gasteiger partial charge in [-0.2, -0.15) is 0 Å². The molecule has 0 N–H and O–H groups in total. The molecule has 0 aromatic heterocycles. The molecule has 3 aliphatic rings. The highest BCUT2D eigenvalue weighted by atomic mass is 14.8. The predicted molar refractivity (Wildman–Crippen MR) is 74.7 cm³/mol. The summed E-state index contributed by atoms with van der Waals surface area (Å²) in [4.78, 5) is 9.03. The fourth-order valence-electron chi connectivity index (χ4n) is 2.96. The number of fused-ring (bicyclic) bond motifs is 2. The van der Waals surface area contributed by atoms with E-state index in [4.69, 9.17) is 4.99 Å². The zero-order valence-electron chi connectivity index (χ0n) is 9.88. The molecule has 4 rings (SSSR count). The number of rotatable bonds is 0. The SMILES string of the molecule is C1=C\C2=C/C=N/C=C\C3(C2)C1=Nc1ccccc13. The van der Waals surface area contributed by atoms with Crippen molar-refractivity contribution in [3.63, 3.8) is 0 Å². The second-order valence-corrected chi connectivity index (χ2v) is 4.85. The molecule has 2 nitrogen and oxygen atoms in total. The van der Waals surface area contributed by atoms with Crippen LogP contribution in [0.4, 0.5) is 5.69 Å². The van der Waals surface area contributed by atoms with E-state index in [2.05, 4.69) is 47.5 Å². The lowest BCUT2D eigenvalue weighted by molar-refractivity contribution is 0.719. The summed E-state index contributed by atoms with van der Waals surface area (Å²) in [6.07, 6.45) is 13.3. The average molecular weight is 232 g/mol. The van der Waals surface area contributed by atoms with Gasteiger partial charge in [0.2, 0.25) is 0 Å². The van der Waals surface area contributed by atoms with Crippen LogP contribution in [0.25, 0.3) is 0 Å². The van der Waals surface area contributed by atoms with E-state index in [0.29, 0.717) is 0 Å². The maximum absolute atomic E-state index is 4.76. The Hall–Kier alpha value is -2.22. The number of hydrogen-bond donors (Lipinski definition) is 0. The van der Waals surface area contributed by atoms with E-state index in [9.17, 15) is 0 Å². The van der Waals surface area contributed by atoms with Crippen molar-refractivity contribution in [2.45, 2.75) is 11.8 Å². The number of nitrogens with zero attached hydrogens (tertiary/aromatic N) is 2. The van der Waals surface area contributed by atoms with E-state index in [-0.39, 0.29) is 5.41 Å². The van der Waals surface area contributed by atoms with Crippen molar-refractivity contribution in [1.82, 2.24) is 0 Å². The summed E-state index contributed by atoms with van der Waals surface area (Å²) in [5.41, 5.74) is 4.72. The van der Waals surface area contributed by atoms with Crippen molar-refractivity contribution in [2.24, 2.45) is 9.98 Å². The van der Waals surface area contributed by atoms with Crippen LogP contribution in [-0.4, -0.2) is 11.9 Å². The number of aliphatic imine (C=N–C) groups is 2. The molecule has 0 saturated heterocycles. The molecule has 0 amide bonds. The van der Waals surface area contributed by atoms with Gasteiger partial charge in [-0.3, -0.25) is 9.98 Å². The number of benzene rings is 1. The molecular formula is C16H12N2. The number of allylic oxidation sites excluding steroid dienone is 5. The lowest BCUT2D eigenvalue weighted by atomic mass is 9.70. The normalized spacial score (nSPS) is 33.3. The van der Waals surface area contributed by atoms with Crippen molar-refractivity contribution in [2.75, 3.05) is 0 Å². The van der Waals surface area contributed by atoms with Crippen molar-refractivity contribution in [3.05, 3.63) is 65.9 Å². The molecule has 2 bridgehead atoms. The van der Waals surface area contributed by atoms with Crippen LogP contribution in [-0.2, 0) is 5.41 Å². The zero-order valence-corrected chi connectivity index (χ0v) is 9.88. The van der Waals surface area contributed by atoms with Crippen LogP contribution in [0.2, 0.25) is 0 Å². The molecule has 18 heavy (non-hydrogen) atoms. The van der Waals surface area contributed by atoms with Gasteiger partial charge in [0.05, 0.1) is 16.8 Å². The lowest BCUT2D eigenvalue weighted by Gasteiger charge is -2.31. The highest BCUT2D eigenvalue weighted by Crippen LogP contribution is 2.47. The molecule has 2 heteroatoms. The summed E-state index contributed by atoms with van der Waals surface area (Å²) in [7, 11) is 0. The van der Waals surface area contributed by atoms with Crippen LogP contribution >= 0.6 is 0 Å². The summed E-state index contributed by atoms with van der Waals surface area (Å²) in [6.45, 7) is 0. The molecule has 0 fully saturated rings. The topological polar surface area (TPSA) is 24.7 Å². The Kier molecular flexibility index (Phi) is 1.84. The van der Waals surface area contributed by atoms with Crippen molar-refractivity contribution < 1.29 is 0 Å². The van der Waals surface area contributed by atoms with E-state index >= 15 is 0 Å². The molecule has 0 radical (unpaired) electrons. The predicted octanol–water partition coefficient (Wildman–Crippen LogP) is 3.49. The molecule has 2 aliphatic heterocycles. The molecule has 1 atom stereocenters. The van der Waals surface area contributed by atoms with E-state index < -0.39 is 0 Å². The molecule has 2 heterocycles. The molecule has 1 aromatic carbocycles. The van der Waals surface area contributed by atoms with E-state index in [0.717, 1.165) is 17.8 Å². The van der Waals surface area contributed by atoms with E-state index in [1.54, 1.807) is 0 Å². The summed E-state index contributed by atoms with van der Waals surface area (Å²) in [6, 6.07) is 8.40. The third-order valence-corrected chi connectivity index (χ3v) is 3.84. The van der Waals surface area contributed by atoms with Crippen molar-refractivity contribution in [3.8, 4) is 0 Å². The molecule has 86 valence electrons. The number of para-hydroxylation sites is 1. The Bertz CT molecular complexity index is 674. The molecule has 1 spiro atoms. The largest absolute Gasteiger partial charge is 0.265 e. The summed E-state index contributed by atoms with van der Waals surface area (Å²) >= 11 is 0. The van der Waals surface area contributed by atoms with Gasteiger partial charge in [-0.15, -0.1) is 0 Å². The number of hydrogen-bond acceptors (Lipinski definition) is 2. The van der Waals surface area contributed by atoms with Crippen LogP contribution in [0.1, 0.15) is 12.0 Å². The fourth-order valence-corrected chi connectivity index (χ4v) is 2.96. The van der Waals surface area contributed by atoms with Crippen LogP contribution in [0.3, 0.4) is 0 Å². The summed E-state index contributed by atoms with van der Waals surface area (Å²) in [5, 5.41) is 0. The lowest BCUT2D eigenvalue weighted by Crippen LogP contribution is -2.32. The monoisotopic (exact) mass is 232 g/mol. The van der Waals surface area contributed by atoms with Gasteiger partial charge in [0.25, 0.3) is 0 Å². The second kappa shape index (κ2) is 3.39. The van der Waals surface area contributed by atoms with Crippen molar-refractivity contribution in [1.29, 1.82) is 0 Å². The van der Waals surface area contributed by atoms with E-state index in [1.165, 1.54) is 11.1 Å². The van der Waals surface area contributed by atoms with Gasteiger partial charge in [-0.05, 0) is 41.9 Å². The van der Waals surface area contributed by atoms with Gasteiger partial charge in [0.15, 0.2) is 0 Å². The highest BCUT2D eigenvalue weighted by Gasteiger charge is 2.42. The van der Waals surface area contributed by atoms with Crippen LogP contribution in [0.15, 0.2) is 70.3 Å². The molecule has 1 unspecified atom stereocenters. The first kappa shape index (κ1) is 9.77. The second-order valence-electron chi connectivity index (χ2n) is 4.85. The fraction of sp³-hybridized carbons (Fsp3) is 0.125. The van der Waals surface area contributed by atoms with Gasteiger partial charge in [0.1, 0.15) is 0 Å². The summed E-state index contributed by atoms with van der Waals surface area (Å²) < 4.78 is 0. The van der Waals surface area contributed by atoms with Gasteiger partial charge in [-0.1, -0.05) is 24.3 Å². The third-order valence-electron chi connectivity index (χ3n) is 3.84. The zero-order chi connectivity index (χ0) is 12.0. The van der Waals surface area contributed by atoms with Gasteiger partial charge >= 0.3 is 0 Å². The van der Waals surface area contributed by atoms with Crippen LogP contribution < -0.4 is 0 Å². The van der Waals surface area contributed by atoms with Crippen molar-refractivity contribution >= 4 is 17.6 Å². The van der Waals surface area contributed by atoms with Crippen LogP contribution in [0.5, 0.6) is 0 Å². The third kappa shape index (κ3) is 1.17. The maximum Gasteiger partial charge on any atom is 0.0678 e. The Morgan fingerprint density at radius 2 is 2.06 bits per heavy atom. The quantitative estimate of drug-likeness (QED) is 0.654. The average Bonchev–Trinajstić information content (AvgIpc) is 2.71. The highest BCUT2D eigenvalue weighted by molar-refractivity contribution is 6.12. The van der Waals surface area contributed by atoms with Crippen LogP contribution in [0, 0.1) is 0 Å². The standard InChI is InChI=1S/C16H12N2/c1-2-4-14-13(3-1)16-8-10-17-9-7-12(11-16)5-6-15(16)18-14/h1-10H,11H2/b10-8-,12-7+,17-9+. The minimum Gasteiger partial charge on any atom is -0.265 e. The molecule has 1 aromatic rings. The molecule has 1 aliphatic carbocycles. The molecular weight excluding hydrogens is 220 g/mol. The Morgan fingerprint density at radius 3 is 3.06 bits per heavy atom. The van der Waals surface area contributed by atoms with E-state index in [1.807, 2.05) is 18.5 Å². The Balaban J connectivity index is 2.03. The first-order chi connectivity index (χ1) is 8.88. The van der Waals surface area contributed by atoms with Gasteiger partial charge in [0, 0.05) is 12.4 Å². The molecule has 0 saturated carbocycles. The van der Waals surface area contributed by atoms with Gasteiger partial charge < -0.3 is 0 Å². The first-order valence-corrected chi connectivity index (χ1v) is 6.15. The Labute approximate surface area is 106 Å². The minimum atomic E-state index is -0.102. The minimum absolute atomic E-state index is 0.102.